The van der Waals surface area contributed by atoms with E-state index >= 15 is 0 Å². The average Bonchev–Trinajstić information content (AvgIpc) is 2.51. The van der Waals surface area contributed by atoms with E-state index in [1.54, 1.807) is 33.3 Å². The monoisotopic (exact) mass is 296 g/mol. The number of carbonyl (C=O) groups is 1. The highest BCUT2D eigenvalue weighted by Gasteiger charge is 2.16. The number of nitrogens with one attached hydrogen (secondary N) is 1. The van der Waals surface area contributed by atoms with Crippen LogP contribution in [0.25, 0.3) is 0 Å². The lowest BCUT2D eigenvalue weighted by atomic mass is 10.2. The Morgan fingerprint density at radius 1 is 1.33 bits per heavy atom. The number of hydrogen-bond acceptors (Lipinski definition) is 5. The van der Waals surface area contributed by atoms with E-state index in [0.717, 1.165) is 12.0 Å². The second-order valence-corrected chi connectivity index (χ2v) is 4.59. The van der Waals surface area contributed by atoms with Crippen LogP contribution in [0, 0.1) is 0 Å². The molecule has 1 atom stereocenters. The third-order valence-corrected chi connectivity index (χ3v) is 2.96. The Balaban J connectivity index is 2.57. The van der Waals surface area contributed by atoms with Crippen molar-refractivity contribution >= 4 is 5.91 Å². The maximum absolute atomic E-state index is 11.9. The van der Waals surface area contributed by atoms with E-state index in [-0.39, 0.29) is 5.91 Å². The lowest BCUT2D eigenvalue weighted by Gasteiger charge is -2.17. The molecular formula is C15H24N2O4. The highest BCUT2D eigenvalue weighted by Crippen LogP contribution is 2.28. The van der Waals surface area contributed by atoms with E-state index in [1.165, 1.54) is 0 Å². The van der Waals surface area contributed by atoms with Gasteiger partial charge in [-0.3, -0.25) is 4.79 Å². The van der Waals surface area contributed by atoms with Crippen molar-refractivity contribution in [3.8, 4) is 11.5 Å². The second kappa shape index (κ2) is 9.20. The summed E-state index contributed by atoms with van der Waals surface area (Å²) in [7, 11) is 3.18. The Labute approximate surface area is 125 Å². The first-order valence-electron chi connectivity index (χ1n) is 6.92. The Morgan fingerprint density at radius 3 is 2.71 bits per heavy atom. The van der Waals surface area contributed by atoms with Gasteiger partial charge in [-0.15, -0.1) is 0 Å². The van der Waals surface area contributed by atoms with Gasteiger partial charge in [-0.1, -0.05) is 6.07 Å². The van der Waals surface area contributed by atoms with Crippen LogP contribution in [0.1, 0.15) is 18.9 Å². The van der Waals surface area contributed by atoms with E-state index in [0.29, 0.717) is 31.2 Å². The Bertz CT molecular complexity index is 451. The number of amides is 1. The zero-order chi connectivity index (χ0) is 15.7. The van der Waals surface area contributed by atoms with Crippen molar-refractivity contribution in [2.75, 3.05) is 27.4 Å². The van der Waals surface area contributed by atoms with Crippen molar-refractivity contribution in [3.63, 3.8) is 0 Å². The normalized spacial score (nSPS) is 11.8. The molecule has 1 amide bonds. The third-order valence-electron chi connectivity index (χ3n) is 2.96. The van der Waals surface area contributed by atoms with Crippen LogP contribution >= 0.6 is 0 Å². The molecule has 0 saturated carbocycles. The summed E-state index contributed by atoms with van der Waals surface area (Å²) < 4.78 is 15.8. The molecule has 1 aromatic rings. The average molecular weight is 296 g/mol. The first-order chi connectivity index (χ1) is 10.1. The van der Waals surface area contributed by atoms with Crippen LogP contribution in [0.5, 0.6) is 11.5 Å². The van der Waals surface area contributed by atoms with Crippen molar-refractivity contribution in [3.05, 3.63) is 23.8 Å². The molecule has 0 heterocycles. The van der Waals surface area contributed by atoms with Gasteiger partial charge in [-0.2, -0.15) is 0 Å². The molecule has 21 heavy (non-hydrogen) atoms. The number of benzene rings is 1. The topological polar surface area (TPSA) is 82.8 Å². The van der Waals surface area contributed by atoms with E-state index in [9.17, 15) is 4.79 Å². The van der Waals surface area contributed by atoms with Crippen molar-refractivity contribution in [2.45, 2.75) is 26.0 Å². The minimum Gasteiger partial charge on any atom is -0.493 e. The largest absolute Gasteiger partial charge is 0.493 e. The third kappa shape index (κ3) is 5.61. The molecule has 0 aromatic heterocycles. The molecule has 0 aliphatic rings. The van der Waals surface area contributed by atoms with Gasteiger partial charge in [-0.25, -0.2) is 0 Å². The highest BCUT2D eigenvalue weighted by molar-refractivity contribution is 5.80. The predicted octanol–water partition coefficient (Wildman–Crippen LogP) is 1.07. The van der Waals surface area contributed by atoms with Crippen molar-refractivity contribution in [2.24, 2.45) is 5.73 Å². The molecule has 6 nitrogen and oxygen atoms in total. The van der Waals surface area contributed by atoms with Gasteiger partial charge in [0.25, 0.3) is 5.91 Å². The van der Waals surface area contributed by atoms with E-state index < -0.39 is 6.10 Å². The first-order valence-corrected chi connectivity index (χ1v) is 6.92. The summed E-state index contributed by atoms with van der Waals surface area (Å²) in [4.78, 5) is 11.9. The summed E-state index contributed by atoms with van der Waals surface area (Å²) in [6.45, 7) is 3.29. The molecule has 0 saturated heterocycles. The fourth-order valence-electron chi connectivity index (χ4n) is 1.75. The van der Waals surface area contributed by atoms with Crippen LogP contribution in [0.3, 0.4) is 0 Å². The van der Waals surface area contributed by atoms with E-state index in [1.807, 2.05) is 6.07 Å². The summed E-state index contributed by atoms with van der Waals surface area (Å²) >= 11 is 0. The van der Waals surface area contributed by atoms with Crippen molar-refractivity contribution in [1.82, 2.24) is 5.32 Å². The summed E-state index contributed by atoms with van der Waals surface area (Å²) in [6, 6.07) is 5.41. The number of ether oxygens (including phenoxy) is 3. The Kier molecular flexibility index (Phi) is 7.56. The maximum Gasteiger partial charge on any atom is 0.260 e. The van der Waals surface area contributed by atoms with Gasteiger partial charge in [0.1, 0.15) is 0 Å². The van der Waals surface area contributed by atoms with Crippen LogP contribution in [-0.2, 0) is 16.1 Å². The Morgan fingerprint density at radius 2 is 2.10 bits per heavy atom. The zero-order valence-corrected chi connectivity index (χ0v) is 12.8. The minimum absolute atomic E-state index is 0.170. The first kappa shape index (κ1) is 17.3. The number of rotatable bonds is 9. The van der Waals surface area contributed by atoms with Crippen LogP contribution < -0.4 is 20.5 Å². The molecule has 118 valence electrons. The van der Waals surface area contributed by atoms with Gasteiger partial charge in [0, 0.05) is 26.8 Å². The number of methoxy groups -OCH3 is 2. The van der Waals surface area contributed by atoms with Gasteiger partial charge >= 0.3 is 0 Å². The number of nitrogens with two attached hydrogens (primary N) is 1. The molecule has 1 rings (SSSR count). The molecular weight excluding hydrogens is 272 g/mol. The zero-order valence-electron chi connectivity index (χ0n) is 12.8. The molecule has 0 spiro atoms. The fraction of sp³-hybridized carbons (Fsp3) is 0.533. The Hall–Kier alpha value is -1.79. The van der Waals surface area contributed by atoms with Gasteiger partial charge in [-0.05, 0) is 31.0 Å². The molecule has 3 N–H and O–H groups in total. The number of carbonyl (C=O) groups excluding carboxylic acids is 1. The highest BCUT2D eigenvalue weighted by atomic mass is 16.5. The quantitative estimate of drug-likeness (QED) is 0.666. The van der Waals surface area contributed by atoms with E-state index in [4.69, 9.17) is 19.9 Å². The van der Waals surface area contributed by atoms with Crippen LogP contribution in [0.15, 0.2) is 18.2 Å². The predicted molar refractivity (Wildman–Crippen MR) is 80.5 cm³/mol. The van der Waals surface area contributed by atoms with E-state index in [2.05, 4.69) is 5.32 Å². The lowest BCUT2D eigenvalue weighted by molar-refractivity contribution is -0.127. The summed E-state index contributed by atoms with van der Waals surface area (Å²) in [5.74, 6) is 0.919. The van der Waals surface area contributed by atoms with Crippen LogP contribution in [-0.4, -0.2) is 39.4 Å². The van der Waals surface area contributed by atoms with Gasteiger partial charge < -0.3 is 25.3 Å². The fourth-order valence-corrected chi connectivity index (χ4v) is 1.75. The molecule has 0 bridgehead atoms. The standard InChI is InChI=1S/C15H24N2O4/c1-11(15(18)17-7-4-8-19-2)21-13-6-5-12(10-16)9-14(13)20-3/h5-6,9,11H,4,7-8,10,16H2,1-3H3,(H,17,18). The summed E-state index contributed by atoms with van der Waals surface area (Å²) in [6.07, 6.45) is 0.161. The molecule has 1 aromatic carbocycles. The van der Waals surface area contributed by atoms with Gasteiger partial charge in [0.15, 0.2) is 17.6 Å². The van der Waals surface area contributed by atoms with Crippen LogP contribution in [0.2, 0.25) is 0 Å². The minimum atomic E-state index is -0.606. The SMILES string of the molecule is COCCCNC(=O)C(C)Oc1ccc(CN)cc1OC. The smallest absolute Gasteiger partial charge is 0.260 e. The summed E-state index contributed by atoms with van der Waals surface area (Å²) in [5.41, 5.74) is 6.52. The second-order valence-electron chi connectivity index (χ2n) is 4.59. The van der Waals surface area contributed by atoms with Crippen molar-refractivity contribution in [1.29, 1.82) is 0 Å². The maximum atomic E-state index is 11.9. The molecule has 0 aliphatic carbocycles. The van der Waals surface area contributed by atoms with Crippen LogP contribution in [0.4, 0.5) is 0 Å². The molecule has 0 aliphatic heterocycles. The molecule has 6 heteroatoms. The van der Waals surface area contributed by atoms with Gasteiger partial charge in [0.2, 0.25) is 0 Å². The van der Waals surface area contributed by atoms with Gasteiger partial charge in [0.05, 0.1) is 7.11 Å². The molecule has 0 fully saturated rings. The number of hydrogen-bond donors (Lipinski definition) is 2. The molecule has 1 unspecified atom stereocenters. The lowest BCUT2D eigenvalue weighted by Crippen LogP contribution is -2.37. The molecule has 0 radical (unpaired) electrons. The summed E-state index contributed by atoms with van der Waals surface area (Å²) in [5, 5.41) is 2.79. The van der Waals surface area contributed by atoms with Crippen molar-refractivity contribution < 1.29 is 19.0 Å².